The first kappa shape index (κ1) is 10.8. The maximum Gasteiger partial charge on any atom is 0.106 e. The quantitative estimate of drug-likeness (QED) is 0.607. The summed E-state index contributed by atoms with van der Waals surface area (Å²) in [4.78, 5) is 7.29. The van der Waals surface area contributed by atoms with E-state index in [1.54, 1.807) is 7.11 Å². The summed E-state index contributed by atoms with van der Waals surface area (Å²) in [6.45, 7) is 0. The van der Waals surface area contributed by atoms with E-state index in [0.717, 1.165) is 12.5 Å². The van der Waals surface area contributed by atoms with Crippen LogP contribution in [0.5, 0.6) is 0 Å². The van der Waals surface area contributed by atoms with Gasteiger partial charge in [0.1, 0.15) is 7.11 Å². The average Bonchev–Trinajstić information content (AvgIpc) is 2.33. The Morgan fingerprint density at radius 3 is 2.85 bits per heavy atom. The molecule has 0 N–H and O–H groups in total. The minimum absolute atomic E-state index is 0. The van der Waals surface area contributed by atoms with E-state index in [9.17, 15) is 0 Å². The van der Waals surface area contributed by atoms with Gasteiger partial charge in [-0.15, -0.1) is 12.4 Å². The van der Waals surface area contributed by atoms with Crippen LogP contribution >= 0.6 is 12.4 Å². The maximum atomic E-state index is 4.84. The summed E-state index contributed by atoms with van der Waals surface area (Å²) in [5, 5.41) is 4.09. The van der Waals surface area contributed by atoms with E-state index in [4.69, 9.17) is 4.84 Å². The van der Waals surface area contributed by atoms with Crippen molar-refractivity contribution in [1.29, 1.82) is 0 Å². The molecule has 0 aromatic carbocycles. The first-order valence-corrected chi connectivity index (χ1v) is 4.65. The number of hydrogen-bond acceptors (Lipinski definition) is 3. The topological polar surface area (TPSA) is 24.8 Å². The van der Waals surface area contributed by atoms with Crippen LogP contribution in [0.25, 0.3) is 0 Å². The van der Waals surface area contributed by atoms with E-state index in [0.29, 0.717) is 6.04 Å². The average molecular weight is 205 g/mol. The molecule has 0 aromatic rings. The molecule has 2 heterocycles. The summed E-state index contributed by atoms with van der Waals surface area (Å²) < 4.78 is 0. The monoisotopic (exact) mass is 204 g/mol. The van der Waals surface area contributed by atoms with Gasteiger partial charge in [-0.25, -0.2) is 0 Å². The minimum atomic E-state index is 0. The van der Waals surface area contributed by atoms with Gasteiger partial charge < -0.3 is 4.84 Å². The Morgan fingerprint density at radius 2 is 2.15 bits per heavy atom. The molecule has 2 saturated heterocycles. The Bertz CT molecular complexity index is 208. The molecule has 13 heavy (non-hydrogen) atoms. The van der Waals surface area contributed by atoms with E-state index in [2.05, 4.69) is 17.1 Å². The van der Waals surface area contributed by atoms with Crippen LogP contribution in [0.15, 0.2) is 5.16 Å². The van der Waals surface area contributed by atoms with E-state index >= 15 is 0 Å². The molecular weight excluding hydrogens is 188 g/mol. The molecule has 2 atom stereocenters. The second kappa shape index (κ2) is 4.29. The summed E-state index contributed by atoms with van der Waals surface area (Å²) >= 11 is 0. The number of nitrogens with zero attached hydrogens (tertiary/aromatic N) is 2. The molecule has 2 rings (SSSR count). The molecule has 2 unspecified atom stereocenters. The fourth-order valence-corrected chi connectivity index (χ4v) is 2.47. The Kier molecular flexibility index (Phi) is 3.56. The molecule has 0 radical (unpaired) electrons. The Balaban J connectivity index is 0.000000845. The third kappa shape index (κ3) is 1.81. The third-order valence-electron chi connectivity index (χ3n) is 3.17. The van der Waals surface area contributed by atoms with Crippen molar-refractivity contribution in [1.82, 2.24) is 4.90 Å². The van der Waals surface area contributed by atoms with Gasteiger partial charge in [-0.2, -0.15) is 0 Å². The fourth-order valence-electron chi connectivity index (χ4n) is 2.47. The highest BCUT2D eigenvalue weighted by molar-refractivity contribution is 5.90. The Hall–Kier alpha value is -0.280. The molecular formula is C9H17ClN2O. The Labute approximate surface area is 85.5 Å². The molecule has 2 bridgehead atoms. The molecule has 76 valence electrons. The predicted molar refractivity (Wildman–Crippen MR) is 55.5 cm³/mol. The molecule has 2 aliphatic heterocycles. The minimum Gasteiger partial charge on any atom is -0.399 e. The molecule has 2 aliphatic rings. The standard InChI is InChI=1S/C9H16N2O.ClH/c1-11-7-3-5-8(10-12-2)9(11)6-4-7;/h7,9H,3-6H2,1-2H3;1H/b10-8+;. The van der Waals surface area contributed by atoms with Crippen LogP contribution in [0, 0.1) is 0 Å². The maximum absolute atomic E-state index is 4.84. The zero-order valence-electron chi connectivity index (χ0n) is 8.19. The number of hydrogen-bond donors (Lipinski definition) is 0. The zero-order valence-corrected chi connectivity index (χ0v) is 9.01. The van der Waals surface area contributed by atoms with Gasteiger partial charge in [0.05, 0.1) is 11.8 Å². The highest BCUT2D eigenvalue weighted by Gasteiger charge is 2.38. The lowest BCUT2D eigenvalue weighted by Gasteiger charge is -2.31. The van der Waals surface area contributed by atoms with Crippen molar-refractivity contribution in [2.45, 2.75) is 37.8 Å². The van der Waals surface area contributed by atoms with Gasteiger partial charge in [-0.3, -0.25) is 4.90 Å². The number of oxime groups is 1. The number of piperidine rings is 1. The van der Waals surface area contributed by atoms with Crippen LogP contribution in [0.4, 0.5) is 0 Å². The first-order valence-electron chi connectivity index (χ1n) is 4.65. The van der Waals surface area contributed by atoms with Gasteiger partial charge in [-0.05, 0) is 32.7 Å². The fraction of sp³-hybridized carbons (Fsp3) is 0.889. The normalized spacial score (nSPS) is 36.0. The summed E-state index contributed by atoms with van der Waals surface area (Å²) in [5.74, 6) is 0. The highest BCUT2D eigenvalue weighted by Crippen LogP contribution is 2.32. The van der Waals surface area contributed by atoms with Crippen molar-refractivity contribution in [2.24, 2.45) is 5.16 Å². The van der Waals surface area contributed by atoms with Gasteiger partial charge >= 0.3 is 0 Å². The van der Waals surface area contributed by atoms with E-state index in [-0.39, 0.29) is 12.4 Å². The van der Waals surface area contributed by atoms with Crippen molar-refractivity contribution in [2.75, 3.05) is 14.2 Å². The number of rotatable bonds is 1. The van der Waals surface area contributed by atoms with Crippen LogP contribution in [-0.2, 0) is 4.84 Å². The van der Waals surface area contributed by atoms with Crippen LogP contribution < -0.4 is 0 Å². The highest BCUT2D eigenvalue weighted by atomic mass is 35.5. The van der Waals surface area contributed by atoms with Crippen LogP contribution in [-0.4, -0.2) is 36.9 Å². The van der Waals surface area contributed by atoms with Gasteiger partial charge in [0.25, 0.3) is 0 Å². The van der Waals surface area contributed by atoms with Crippen molar-refractivity contribution in [3.05, 3.63) is 0 Å². The van der Waals surface area contributed by atoms with Crippen LogP contribution in [0.3, 0.4) is 0 Å². The zero-order chi connectivity index (χ0) is 8.55. The second-order valence-corrected chi connectivity index (χ2v) is 3.72. The molecule has 0 amide bonds. The summed E-state index contributed by atoms with van der Waals surface area (Å²) in [5.41, 5.74) is 1.24. The van der Waals surface area contributed by atoms with Crippen molar-refractivity contribution in [3.63, 3.8) is 0 Å². The van der Waals surface area contributed by atoms with Crippen molar-refractivity contribution in [3.8, 4) is 0 Å². The van der Waals surface area contributed by atoms with Crippen LogP contribution in [0.1, 0.15) is 25.7 Å². The summed E-state index contributed by atoms with van der Waals surface area (Å²) in [7, 11) is 3.83. The van der Waals surface area contributed by atoms with Crippen LogP contribution in [0.2, 0.25) is 0 Å². The number of halogens is 1. The second-order valence-electron chi connectivity index (χ2n) is 3.72. The lowest BCUT2D eigenvalue weighted by atomic mass is 10.0. The smallest absolute Gasteiger partial charge is 0.106 e. The lowest BCUT2D eigenvalue weighted by Crippen LogP contribution is -2.42. The predicted octanol–water partition coefficient (Wildman–Crippen LogP) is 1.67. The SMILES string of the molecule is CO/N=C1\CCC2CCC1N2C.Cl. The van der Waals surface area contributed by atoms with E-state index in [1.165, 1.54) is 25.0 Å². The van der Waals surface area contributed by atoms with Gasteiger partial charge in [0, 0.05) is 6.04 Å². The van der Waals surface area contributed by atoms with E-state index < -0.39 is 0 Å². The molecule has 4 heteroatoms. The third-order valence-corrected chi connectivity index (χ3v) is 3.17. The summed E-state index contributed by atoms with van der Waals surface area (Å²) in [6, 6.07) is 1.38. The molecule has 0 spiro atoms. The lowest BCUT2D eigenvalue weighted by molar-refractivity contribution is 0.196. The molecule has 0 saturated carbocycles. The largest absolute Gasteiger partial charge is 0.399 e. The van der Waals surface area contributed by atoms with Gasteiger partial charge in [-0.1, -0.05) is 5.16 Å². The first-order chi connectivity index (χ1) is 5.83. The molecule has 3 nitrogen and oxygen atoms in total. The molecule has 2 fully saturated rings. The van der Waals surface area contributed by atoms with E-state index in [1.807, 2.05) is 0 Å². The summed E-state index contributed by atoms with van der Waals surface area (Å²) in [6.07, 6.45) is 5.00. The van der Waals surface area contributed by atoms with Crippen molar-refractivity contribution < 1.29 is 4.84 Å². The number of fused-ring (bicyclic) bond motifs is 2. The molecule has 0 aliphatic carbocycles. The Morgan fingerprint density at radius 1 is 1.38 bits per heavy atom. The molecule has 0 aromatic heterocycles. The van der Waals surface area contributed by atoms with Gasteiger partial charge in [0.2, 0.25) is 0 Å². The van der Waals surface area contributed by atoms with Gasteiger partial charge in [0.15, 0.2) is 0 Å². The van der Waals surface area contributed by atoms with Crippen molar-refractivity contribution >= 4 is 18.1 Å².